The number of carboxylic acid groups (broad SMARTS) is 1. The lowest BCUT2D eigenvalue weighted by atomic mass is 10.2. The van der Waals surface area contributed by atoms with Crippen LogP contribution in [0.4, 0.5) is 10.8 Å². The maximum absolute atomic E-state index is 11.2. The molecule has 106 valence electrons. The normalized spacial score (nSPS) is 10.6. The lowest BCUT2D eigenvalue weighted by Gasteiger charge is -2.15. The number of ether oxygens (including phenoxy) is 1. The first kappa shape index (κ1) is 14.5. The zero-order valence-electron chi connectivity index (χ0n) is 11.6. The third-order valence-electron chi connectivity index (χ3n) is 2.87. The highest BCUT2D eigenvalue weighted by atomic mass is 32.1. The van der Waals surface area contributed by atoms with Crippen molar-refractivity contribution in [2.24, 2.45) is 0 Å². The van der Waals surface area contributed by atoms with E-state index in [9.17, 15) is 9.90 Å². The monoisotopic (exact) mass is 292 g/mol. The first-order chi connectivity index (χ1) is 9.52. The molecule has 0 fully saturated rings. The number of rotatable bonds is 5. The van der Waals surface area contributed by atoms with Gasteiger partial charge in [-0.25, -0.2) is 9.78 Å². The highest BCUT2D eigenvalue weighted by Gasteiger charge is 2.19. The van der Waals surface area contributed by atoms with Crippen molar-refractivity contribution in [1.29, 1.82) is 0 Å². The molecule has 2 rings (SSSR count). The van der Waals surface area contributed by atoms with E-state index in [1.807, 2.05) is 43.1 Å². The summed E-state index contributed by atoms with van der Waals surface area (Å²) in [5.74, 6) is -0.974. The van der Waals surface area contributed by atoms with Crippen LogP contribution in [0, 0.1) is 6.92 Å². The second-order valence-electron chi connectivity index (χ2n) is 4.40. The van der Waals surface area contributed by atoms with E-state index in [-0.39, 0.29) is 11.5 Å². The molecule has 1 aromatic carbocycles. The quantitative estimate of drug-likeness (QED) is 0.917. The summed E-state index contributed by atoms with van der Waals surface area (Å²) in [5, 5.41) is 9.83. The lowest BCUT2D eigenvalue weighted by molar-refractivity contribution is 0.0697. The fraction of sp³-hybridized carbons (Fsp3) is 0.286. The Kier molecular flexibility index (Phi) is 4.36. The molecule has 0 saturated carbocycles. The van der Waals surface area contributed by atoms with E-state index in [0.29, 0.717) is 10.8 Å². The average molecular weight is 292 g/mol. The van der Waals surface area contributed by atoms with Crippen molar-refractivity contribution in [3.8, 4) is 0 Å². The number of aromatic carboxylic acids is 1. The third kappa shape index (κ3) is 2.97. The molecule has 0 spiro atoms. The minimum atomic E-state index is -0.974. The standard InChI is InChI=1S/C14H16N2O3S/c1-9-4-6-10(7-5-9)16(2)14-15-11(8-19-3)12(20-14)13(17)18/h4-7H,8H2,1-3H3,(H,17,18). The summed E-state index contributed by atoms with van der Waals surface area (Å²) in [5.41, 5.74) is 2.59. The molecular formula is C14H16N2O3S. The molecule has 5 nitrogen and oxygen atoms in total. The molecule has 0 bridgehead atoms. The van der Waals surface area contributed by atoms with E-state index in [2.05, 4.69) is 4.98 Å². The highest BCUT2D eigenvalue weighted by Crippen LogP contribution is 2.31. The minimum Gasteiger partial charge on any atom is -0.477 e. The molecule has 6 heteroatoms. The number of carboxylic acids is 1. The molecule has 0 aliphatic carbocycles. The van der Waals surface area contributed by atoms with Crippen LogP contribution in [0.2, 0.25) is 0 Å². The molecule has 0 aliphatic rings. The predicted octanol–water partition coefficient (Wildman–Crippen LogP) is 3.06. The molecule has 0 atom stereocenters. The van der Waals surface area contributed by atoms with E-state index in [0.717, 1.165) is 17.0 Å². The fourth-order valence-electron chi connectivity index (χ4n) is 1.76. The van der Waals surface area contributed by atoms with E-state index < -0.39 is 5.97 Å². The molecule has 1 aromatic heterocycles. The first-order valence-corrected chi connectivity index (χ1v) is 6.87. The van der Waals surface area contributed by atoms with Crippen LogP contribution in [-0.2, 0) is 11.3 Å². The Morgan fingerprint density at radius 3 is 2.60 bits per heavy atom. The summed E-state index contributed by atoms with van der Waals surface area (Å²) < 4.78 is 5.00. The molecular weight excluding hydrogens is 276 g/mol. The summed E-state index contributed by atoms with van der Waals surface area (Å²) in [4.78, 5) is 17.7. The molecule has 1 heterocycles. The van der Waals surface area contributed by atoms with Crippen molar-refractivity contribution in [3.63, 3.8) is 0 Å². The van der Waals surface area contributed by atoms with Gasteiger partial charge in [0.05, 0.1) is 12.3 Å². The van der Waals surface area contributed by atoms with Crippen LogP contribution in [0.5, 0.6) is 0 Å². The van der Waals surface area contributed by atoms with Crippen LogP contribution in [0.15, 0.2) is 24.3 Å². The molecule has 0 saturated heterocycles. The fourth-order valence-corrected chi connectivity index (χ4v) is 2.65. The number of carbonyl (C=O) groups is 1. The molecule has 0 aliphatic heterocycles. The highest BCUT2D eigenvalue weighted by molar-refractivity contribution is 7.17. The van der Waals surface area contributed by atoms with E-state index >= 15 is 0 Å². The van der Waals surface area contributed by atoms with Gasteiger partial charge < -0.3 is 14.7 Å². The Balaban J connectivity index is 2.34. The van der Waals surface area contributed by atoms with Crippen LogP contribution in [-0.4, -0.2) is 30.2 Å². The largest absolute Gasteiger partial charge is 0.477 e. The molecule has 0 amide bonds. The van der Waals surface area contributed by atoms with E-state index in [1.54, 1.807) is 0 Å². The molecule has 20 heavy (non-hydrogen) atoms. The van der Waals surface area contributed by atoms with Gasteiger partial charge in [-0.3, -0.25) is 0 Å². The number of aryl methyl sites for hydroxylation is 1. The lowest BCUT2D eigenvalue weighted by Crippen LogP contribution is -2.09. The number of hydrogen-bond acceptors (Lipinski definition) is 5. The van der Waals surface area contributed by atoms with Gasteiger partial charge in [0.15, 0.2) is 5.13 Å². The number of anilines is 2. The summed E-state index contributed by atoms with van der Waals surface area (Å²) in [6.07, 6.45) is 0. The van der Waals surface area contributed by atoms with E-state index in [1.165, 1.54) is 12.7 Å². The molecule has 0 unspecified atom stereocenters. The van der Waals surface area contributed by atoms with Crippen LogP contribution < -0.4 is 4.90 Å². The van der Waals surface area contributed by atoms with Crippen LogP contribution in [0.25, 0.3) is 0 Å². The van der Waals surface area contributed by atoms with Gasteiger partial charge in [-0.15, -0.1) is 0 Å². The Bertz CT molecular complexity index is 607. The van der Waals surface area contributed by atoms with Crippen molar-refractivity contribution >= 4 is 28.1 Å². The van der Waals surface area contributed by atoms with Crippen LogP contribution >= 0.6 is 11.3 Å². The van der Waals surface area contributed by atoms with Gasteiger partial charge in [0.25, 0.3) is 0 Å². The van der Waals surface area contributed by atoms with Crippen molar-refractivity contribution in [3.05, 3.63) is 40.4 Å². The smallest absolute Gasteiger partial charge is 0.347 e. The van der Waals surface area contributed by atoms with Crippen molar-refractivity contribution < 1.29 is 14.6 Å². The van der Waals surface area contributed by atoms with Crippen molar-refractivity contribution in [1.82, 2.24) is 4.98 Å². The Morgan fingerprint density at radius 2 is 2.05 bits per heavy atom. The Hall–Kier alpha value is -1.92. The molecule has 2 aromatic rings. The van der Waals surface area contributed by atoms with Gasteiger partial charge >= 0.3 is 5.97 Å². The van der Waals surface area contributed by atoms with E-state index in [4.69, 9.17) is 4.74 Å². The van der Waals surface area contributed by atoms with Gasteiger partial charge in [-0.05, 0) is 19.1 Å². The predicted molar refractivity (Wildman–Crippen MR) is 79.0 cm³/mol. The molecule has 1 N–H and O–H groups in total. The summed E-state index contributed by atoms with van der Waals surface area (Å²) in [6.45, 7) is 2.21. The summed E-state index contributed by atoms with van der Waals surface area (Å²) in [6, 6.07) is 7.97. The number of methoxy groups -OCH3 is 1. The third-order valence-corrected chi connectivity index (χ3v) is 4.03. The zero-order valence-corrected chi connectivity index (χ0v) is 12.4. The van der Waals surface area contributed by atoms with Gasteiger partial charge in [-0.2, -0.15) is 0 Å². The second kappa shape index (κ2) is 6.02. The van der Waals surface area contributed by atoms with Gasteiger partial charge in [0.2, 0.25) is 0 Å². The number of aromatic nitrogens is 1. The van der Waals surface area contributed by atoms with Crippen molar-refractivity contribution in [2.75, 3.05) is 19.1 Å². The van der Waals surface area contributed by atoms with Gasteiger partial charge in [0, 0.05) is 19.8 Å². The van der Waals surface area contributed by atoms with Crippen LogP contribution in [0.1, 0.15) is 20.9 Å². The topological polar surface area (TPSA) is 62.7 Å². The number of benzene rings is 1. The van der Waals surface area contributed by atoms with Crippen molar-refractivity contribution in [2.45, 2.75) is 13.5 Å². The summed E-state index contributed by atoms with van der Waals surface area (Å²) >= 11 is 1.15. The Morgan fingerprint density at radius 1 is 1.40 bits per heavy atom. The van der Waals surface area contributed by atoms with Crippen LogP contribution in [0.3, 0.4) is 0 Å². The minimum absolute atomic E-state index is 0.194. The average Bonchev–Trinajstić information content (AvgIpc) is 2.83. The second-order valence-corrected chi connectivity index (χ2v) is 5.38. The number of nitrogens with zero attached hydrogens (tertiary/aromatic N) is 2. The maximum Gasteiger partial charge on any atom is 0.347 e. The van der Waals surface area contributed by atoms with Gasteiger partial charge in [-0.1, -0.05) is 29.0 Å². The molecule has 0 radical (unpaired) electrons. The SMILES string of the molecule is COCc1nc(N(C)c2ccc(C)cc2)sc1C(=O)O. The van der Waals surface area contributed by atoms with Gasteiger partial charge in [0.1, 0.15) is 4.88 Å². The first-order valence-electron chi connectivity index (χ1n) is 6.05. The summed E-state index contributed by atoms with van der Waals surface area (Å²) in [7, 11) is 3.39. The zero-order chi connectivity index (χ0) is 14.7. The Labute approximate surface area is 121 Å². The number of hydrogen-bond donors (Lipinski definition) is 1. The maximum atomic E-state index is 11.2. The number of thiazole rings is 1.